The summed E-state index contributed by atoms with van der Waals surface area (Å²) in [4.78, 5) is 0. The van der Waals surface area contributed by atoms with Crippen LogP contribution < -0.4 is 0 Å². The van der Waals surface area contributed by atoms with E-state index in [1.807, 2.05) is 13.8 Å². The van der Waals surface area contributed by atoms with Crippen molar-refractivity contribution in [1.82, 2.24) is 0 Å². The molecule has 0 aromatic heterocycles. The molecule has 2 atom stereocenters. The van der Waals surface area contributed by atoms with Gasteiger partial charge >= 0.3 is 8.80 Å². The molecule has 0 saturated heterocycles. The van der Waals surface area contributed by atoms with Gasteiger partial charge in [-0.15, -0.1) is 0 Å². The highest BCUT2D eigenvalue weighted by Crippen LogP contribution is 2.46. The summed E-state index contributed by atoms with van der Waals surface area (Å²) < 4.78 is 85.8. The fraction of sp³-hybridized carbons (Fsp3) is 0.647. The lowest BCUT2D eigenvalue weighted by Crippen LogP contribution is -2.51. The zero-order chi connectivity index (χ0) is 19.6. The molecule has 1 aliphatic rings. The largest absolute Gasteiger partial charge is 0.503 e. The zero-order valence-corrected chi connectivity index (χ0v) is 16.2. The van der Waals surface area contributed by atoms with E-state index in [2.05, 4.69) is 0 Å². The monoisotopic (exact) mass is 398 g/mol. The Morgan fingerprint density at radius 1 is 0.846 bits per heavy atom. The normalized spacial score (nSPS) is 21.5. The van der Waals surface area contributed by atoms with Crippen LogP contribution in [0.4, 0.5) is 22.0 Å². The fourth-order valence-electron chi connectivity index (χ4n) is 3.69. The van der Waals surface area contributed by atoms with Gasteiger partial charge in [-0.05, 0) is 39.0 Å². The van der Waals surface area contributed by atoms with Crippen LogP contribution in [0.3, 0.4) is 0 Å². The minimum absolute atomic E-state index is 0.166. The Morgan fingerprint density at radius 3 is 1.81 bits per heavy atom. The molecule has 0 bridgehead atoms. The highest BCUT2D eigenvalue weighted by molar-refractivity contribution is 6.62. The first-order chi connectivity index (χ1) is 12.2. The number of halogens is 5. The summed E-state index contributed by atoms with van der Waals surface area (Å²) in [5.41, 5.74) is -1.06. The molecule has 9 heteroatoms. The Kier molecular flexibility index (Phi) is 6.81. The smallest absolute Gasteiger partial charge is 0.377 e. The average molecular weight is 398 g/mol. The van der Waals surface area contributed by atoms with Crippen LogP contribution in [-0.2, 0) is 13.3 Å². The number of benzene rings is 1. The van der Waals surface area contributed by atoms with Crippen molar-refractivity contribution in [2.75, 3.05) is 14.2 Å². The lowest BCUT2D eigenvalue weighted by molar-refractivity contribution is 0.0541. The molecular formula is C17H23F5O3Si. The predicted octanol–water partition coefficient (Wildman–Crippen LogP) is 5.07. The van der Waals surface area contributed by atoms with Gasteiger partial charge in [0.2, 0.25) is 5.82 Å². The number of hydrogen-bond donors (Lipinski definition) is 0. The molecule has 1 fully saturated rings. The van der Waals surface area contributed by atoms with Gasteiger partial charge in [0.15, 0.2) is 23.3 Å². The van der Waals surface area contributed by atoms with Crippen LogP contribution in [0.2, 0.25) is 5.54 Å². The molecule has 0 spiro atoms. The van der Waals surface area contributed by atoms with E-state index in [0.29, 0.717) is 19.3 Å². The predicted molar refractivity (Wildman–Crippen MR) is 87.2 cm³/mol. The molecule has 1 aliphatic carbocycles. The maximum absolute atomic E-state index is 14.2. The quantitative estimate of drug-likeness (QED) is 0.290. The third-order valence-electron chi connectivity index (χ3n) is 4.80. The van der Waals surface area contributed by atoms with Gasteiger partial charge in [-0.1, -0.05) is 6.42 Å². The topological polar surface area (TPSA) is 27.7 Å². The van der Waals surface area contributed by atoms with E-state index in [4.69, 9.17) is 13.3 Å². The van der Waals surface area contributed by atoms with Crippen LogP contribution in [0.15, 0.2) is 0 Å². The summed E-state index contributed by atoms with van der Waals surface area (Å²) in [6.07, 6.45) is 1.45. The Hall–Kier alpha value is -1.03. The maximum atomic E-state index is 14.2. The second kappa shape index (κ2) is 8.33. The van der Waals surface area contributed by atoms with E-state index in [0.717, 1.165) is 0 Å². The third kappa shape index (κ3) is 3.81. The minimum Gasteiger partial charge on any atom is -0.377 e. The lowest BCUT2D eigenvalue weighted by atomic mass is 9.83. The van der Waals surface area contributed by atoms with Crippen molar-refractivity contribution >= 4 is 8.80 Å². The average Bonchev–Trinajstić information content (AvgIpc) is 2.63. The van der Waals surface area contributed by atoms with Gasteiger partial charge in [-0.2, -0.15) is 0 Å². The molecule has 2 rings (SSSR count). The second-order valence-electron chi connectivity index (χ2n) is 6.72. The summed E-state index contributed by atoms with van der Waals surface area (Å²) in [6, 6.07) is 0. The Morgan fingerprint density at radius 2 is 1.35 bits per heavy atom. The Bertz CT molecular complexity index is 623. The van der Waals surface area contributed by atoms with Gasteiger partial charge in [0, 0.05) is 31.4 Å². The minimum atomic E-state index is -3.16. The molecule has 26 heavy (non-hydrogen) atoms. The number of hydrogen-bond acceptors (Lipinski definition) is 3. The highest BCUT2D eigenvalue weighted by Gasteiger charge is 2.51. The lowest BCUT2D eigenvalue weighted by Gasteiger charge is -2.39. The van der Waals surface area contributed by atoms with Crippen LogP contribution in [-0.4, -0.2) is 29.1 Å². The van der Waals surface area contributed by atoms with Crippen LogP contribution in [0.25, 0.3) is 0 Å². The van der Waals surface area contributed by atoms with Gasteiger partial charge < -0.3 is 13.3 Å². The molecule has 3 nitrogen and oxygen atoms in total. The van der Waals surface area contributed by atoms with E-state index in [-0.39, 0.29) is 18.1 Å². The SMILES string of the molecule is CO[Si](OC)(OC(C)C)C1CCCC(c2c(F)c(F)c(F)c(F)c2F)C1. The van der Waals surface area contributed by atoms with Crippen LogP contribution in [0.5, 0.6) is 0 Å². The summed E-state index contributed by atoms with van der Waals surface area (Å²) in [6.45, 7) is 3.62. The van der Waals surface area contributed by atoms with Crippen LogP contribution >= 0.6 is 0 Å². The van der Waals surface area contributed by atoms with Gasteiger partial charge in [0.05, 0.1) is 0 Å². The Labute approximate surface area is 150 Å². The summed E-state index contributed by atoms with van der Waals surface area (Å²) in [5, 5.41) is 0. The number of rotatable bonds is 6. The summed E-state index contributed by atoms with van der Waals surface area (Å²) >= 11 is 0. The van der Waals surface area contributed by atoms with E-state index < -0.39 is 49.4 Å². The third-order valence-corrected chi connectivity index (χ3v) is 8.26. The van der Waals surface area contributed by atoms with Crippen LogP contribution in [0, 0.1) is 29.1 Å². The van der Waals surface area contributed by atoms with Crippen molar-refractivity contribution in [1.29, 1.82) is 0 Å². The Balaban J connectivity index is 2.40. The van der Waals surface area contributed by atoms with Crippen molar-refractivity contribution < 1.29 is 35.2 Å². The summed E-state index contributed by atoms with van der Waals surface area (Å²) in [7, 11) is -0.271. The molecule has 148 valence electrons. The van der Waals surface area contributed by atoms with Crippen molar-refractivity contribution in [3.05, 3.63) is 34.6 Å². The maximum Gasteiger partial charge on any atom is 0.503 e. The zero-order valence-electron chi connectivity index (χ0n) is 15.2. The first-order valence-corrected chi connectivity index (χ1v) is 10.3. The molecule has 1 saturated carbocycles. The molecule has 0 radical (unpaired) electrons. The fourth-order valence-corrected chi connectivity index (χ4v) is 6.70. The van der Waals surface area contributed by atoms with Gasteiger partial charge in [-0.25, -0.2) is 22.0 Å². The molecule has 2 unspecified atom stereocenters. The molecular weight excluding hydrogens is 375 g/mol. The standard InChI is InChI=1S/C17H23F5O3Si/c1-9(2)25-26(23-3,24-4)11-7-5-6-10(8-11)12-13(18)15(20)17(22)16(21)14(12)19/h9-11H,5-8H2,1-4H3. The van der Waals surface area contributed by atoms with Crippen molar-refractivity contribution in [2.24, 2.45) is 0 Å². The first-order valence-electron chi connectivity index (χ1n) is 8.47. The molecule has 1 aromatic rings. The van der Waals surface area contributed by atoms with Crippen molar-refractivity contribution in [3.63, 3.8) is 0 Å². The first kappa shape index (κ1) is 21.3. The van der Waals surface area contributed by atoms with E-state index >= 15 is 0 Å². The van der Waals surface area contributed by atoms with E-state index in [9.17, 15) is 22.0 Å². The van der Waals surface area contributed by atoms with Crippen LogP contribution in [0.1, 0.15) is 51.0 Å². The van der Waals surface area contributed by atoms with Gasteiger partial charge in [0.1, 0.15) is 0 Å². The second-order valence-corrected chi connectivity index (χ2v) is 9.80. The van der Waals surface area contributed by atoms with Gasteiger partial charge in [0.25, 0.3) is 0 Å². The highest BCUT2D eigenvalue weighted by atomic mass is 28.4. The molecule has 0 aliphatic heterocycles. The summed E-state index contributed by atoms with van der Waals surface area (Å²) in [5.74, 6) is -10.3. The molecule has 0 amide bonds. The van der Waals surface area contributed by atoms with Gasteiger partial charge in [-0.3, -0.25) is 0 Å². The van der Waals surface area contributed by atoms with E-state index in [1.165, 1.54) is 14.2 Å². The molecule has 0 N–H and O–H groups in total. The molecule has 0 heterocycles. The van der Waals surface area contributed by atoms with Crippen molar-refractivity contribution in [2.45, 2.75) is 57.1 Å². The molecule has 1 aromatic carbocycles. The van der Waals surface area contributed by atoms with E-state index in [1.54, 1.807) is 0 Å². The van der Waals surface area contributed by atoms with Crippen molar-refractivity contribution in [3.8, 4) is 0 Å².